The SMILES string of the molecule is C[C@H]1CC[C@H](Nc2cc(CSCCO)ccn2)C1. The van der Waals surface area contributed by atoms with Crippen molar-refractivity contribution in [3.05, 3.63) is 23.9 Å². The molecular formula is C14H22N2OS. The molecule has 1 aliphatic rings. The minimum atomic E-state index is 0.251. The van der Waals surface area contributed by atoms with Gasteiger partial charge in [0, 0.05) is 23.7 Å². The molecule has 0 bridgehead atoms. The third-order valence-corrected chi connectivity index (χ3v) is 4.38. The van der Waals surface area contributed by atoms with Gasteiger partial charge in [-0.1, -0.05) is 6.92 Å². The van der Waals surface area contributed by atoms with Gasteiger partial charge in [-0.05, 0) is 42.9 Å². The lowest BCUT2D eigenvalue weighted by Crippen LogP contribution is -2.16. The zero-order chi connectivity index (χ0) is 12.8. The molecular weight excluding hydrogens is 244 g/mol. The standard InChI is InChI=1S/C14H22N2OS/c1-11-2-3-13(8-11)16-14-9-12(4-5-15-14)10-18-7-6-17/h4-5,9,11,13,17H,2-3,6-8,10H2,1H3,(H,15,16)/t11-,13-/m0/s1. The van der Waals surface area contributed by atoms with E-state index in [9.17, 15) is 0 Å². The van der Waals surface area contributed by atoms with Crippen molar-refractivity contribution in [3.63, 3.8) is 0 Å². The second-order valence-electron chi connectivity index (χ2n) is 5.09. The monoisotopic (exact) mass is 266 g/mol. The predicted molar refractivity (Wildman–Crippen MR) is 77.9 cm³/mol. The van der Waals surface area contributed by atoms with Crippen LogP contribution in [0.15, 0.2) is 18.3 Å². The smallest absolute Gasteiger partial charge is 0.126 e. The summed E-state index contributed by atoms with van der Waals surface area (Å²) in [7, 11) is 0. The Kier molecular flexibility index (Phi) is 5.32. The van der Waals surface area contributed by atoms with E-state index in [2.05, 4.69) is 23.3 Å². The van der Waals surface area contributed by atoms with E-state index in [4.69, 9.17) is 5.11 Å². The van der Waals surface area contributed by atoms with E-state index in [1.54, 1.807) is 11.8 Å². The minimum absolute atomic E-state index is 0.251. The summed E-state index contributed by atoms with van der Waals surface area (Å²) in [4.78, 5) is 4.39. The van der Waals surface area contributed by atoms with E-state index in [0.29, 0.717) is 6.04 Å². The van der Waals surface area contributed by atoms with Gasteiger partial charge in [0.15, 0.2) is 0 Å². The summed E-state index contributed by atoms with van der Waals surface area (Å²) in [5.74, 6) is 3.58. The van der Waals surface area contributed by atoms with Gasteiger partial charge in [0.2, 0.25) is 0 Å². The van der Waals surface area contributed by atoms with Gasteiger partial charge in [-0.15, -0.1) is 0 Å². The number of aliphatic hydroxyl groups is 1. The van der Waals surface area contributed by atoms with Crippen LogP contribution in [0.3, 0.4) is 0 Å². The molecule has 100 valence electrons. The summed E-state index contributed by atoms with van der Waals surface area (Å²) in [6.07, 6.45) is 5.71. The summed E-state index contributed by atoms with van der Waals surface area (Å²) in [5.41, 5.74) is 1.27. The van der Waals surface area contributed by atoms with Gasteiger partial charge < -0.3 is 10.4 Å². The van der Waals surface area contributed by atoms with E-state index in [1.165, 1.54) is 24.8 Å². The highest BCUT2D eigenvalue weighted by Crippen LogP contribution is 2.27. The summed E-state index contributed by atoms with van der Waals surface area (Å²) in [5, 5.41) is 12.3. The van der Waals surface area contributed by atoms with Crippen LogP contribution >= 0.6 is 11.8 Å². The molecule has 2 N–H and O–H groups in total. The first-order chi connectivity index (χ1) is 8.78. The molecule has 1 heterocycles. The maximum atomic E-state index is 8.77. The Morgan fingerprint density at radius 3 is 3.11 bits per heavy atom. The average molecular weight is 266 g/mol. The molecule has 0 aliphatic heterocycles. The van der Waals surface area contributed by atoms with Crippen molar-refractivity contribution in [2.45, 2.75) is 38.0 Å². The molecule has 0 radical (unpaired) electrons. The Labute approximate surface area is 113 Å². The van der Waals surface area contributed by atoms with Crippen LogP contribution in [0.2, 0.25) is 0 Å². The lowest BCUT2D eigenvalue weighted by atomic mass is 10.1. The molecule has 0 saturated heterocycles. The second-order valence-corrected chi connectivity index (χ2v) is 6.19. The highest BCUT2D eigenvalue weighted by molar-refractivity contribution is 7.98. The van der Waals surface area contributed by atoms with Gasteiger partial charge in [-0.2, -0.15) is 11.8 Å². The molecule has 4 heteroatoms. The van der Waals surface area contributed by atoms with Gasteiger partial charge in [0.1, 0.15) is 5.82 Å². The number of aromatic nitrogens is 1. The molecule has 1 saturated carbocycles. The second kappa shape index (κ2) is 7.00. The van der Waals surface area contributed by atoms with E-state index < -0.39 is 0 Å². The van der Waals surface area contributed by atoms with Crippen LogP contribution in [-0.4, -0.2) is 28.5 Å². The van der Waals surface area contributed by atoms with Crippen molar-refractivity contribution >= 4 is 17.6 Å². The number of hydrogen-bond acceptors (Lipinski definition) is 4. The predicted octanol–water partition coefficient (Wildman–Crippen LogP) is 2.91. The van der Waals surface area contributed by atoms with Crippen molar-refractivity contribution in [2.24, 2.45) is 5.92 Å². The van der Waals surface area contributed by atoms with Crippen molar-refractivity contribution in [1.82, 2.24) is 4.98 Å². The van der Waals surface area contributed by atoms with Crippen LogP contribution in [0, 0.1) is 5.92 Å². The third kappa shape index (κ3) is 4.18. The molecule has 2 rings (SSSR count). The van der Waals surface area contributed by atoms with Crippen molar-refractivity contribution < 1.29 is 5.11 Å². The number of rotatable bonds is 6. The molecule has 0 unspecified atom stereocenters. The van der Waals surface area contributed by atoms with Crippen molar-refractivity contribution in [2.75, 3.05) is 17.7 Å². The summed E-state index contributed by atoms with van der Waals surface area (Å²) >= 11 is 1.75. The molecule has 1 fully saturated rings. The largest absolute Gasteiger partial charge is 0.396 e. The number of hydrogen-bond donors (Lipinski definition) is 2. The fourth-order valence-electron chi connectivity index (χ4n) is 2.44. The number of anilines is 1. The molecule has 2 atom stereocenters. The van der Waals surface area contributed by atoms with Gasteiger partial charge in [-0.25, -0.2) is 4.98 Å². The first-order valence-electron chi connectivity index (χ1n) is 6.68. The molecule has 1 aromatic rings. The van der Waals surface area contributed by atoms with E-state index in [-0.39, 0.29) is 6.61 Å². The van der Waals surface area contributed by atoms with Gasteiger partial charge in [0.05, 0.1) is 6.61 Å². The van der Waals surface area contributed by atoms with Crippen molar-refractivity contribution in [3.8, 4) is 0 Å². The Balaban J connectivity index is 1.86. The Hall–Kier alpha value is -0.740. The molecule has 1 aromatic heterocycles. The fourth-order valence-corrected chi connectivity index (χ4v) is 3.13. The first kappa shape index (κ1) is 13.7. The Bertz CT molecular complexity index is 373. The maximum Gasteiger partial charge on any atom is 0.126 e. The van der Waals surface area contributed by atoms with Gasteiger partial charge >= 0.3 is 0 Å². The fraction of sp³-hybridized carbons (Fsp3) is 0.643. The van der Waals surface area contributed by atoms with Crippen LogP contribution in [0.25, 0.3) is 0 Å². The summed E-state index contributed by atoms with van der Waals surface area (Å²) in [6.45, 7) is 2.57. The average Bonchev–Trinajstić information content (AvgIpc) is 2.76. The van der Waals surface area contributed by atoms with Crippen LogP contribution in [0.1, 0.15) is 31.7 Å². The summed E-state index contributed by atoms with van der Waals surface area (Å²) < 4.78 is 0. The summed E-state index contributed by atoms with van der Waals surface area (Å²) in [6, 6.07) is 4.77. The maximum absolute atomic E-state index is 8.77. The quantitative estimate of drug-likeness (QED) is 0.777. The van der Waals surface area contributed by atoms with E-state index >= 15 is 0 Å². The molecule has 1 aliphatic carbocycles. The molecule has 0 spiro atoms. The van der Waals surface area contributed by atoms with Gasteiger partial charge in [0.25, 0.3) is 0 Å². The van der Waals surface area contributed by atoms with Crippen molar-refractivity contribution in [1.29, 1.82) is 0 Å². The van der Waals surface area contributed by atoms with Crippen LogP contribution in [0.5, 0.6) is 0 Å². The van der Waals surface area contributed by atoms with Crippen LogP contribution in [0.4, 0.5) is 5.82 Å². The number of nitrogens with one attached hydrogen (secondary N) is 1. The van der Waals surface area contributed by atoms with E-state index in [1.807, 2.05) is 12.3 Å². The highest BCUT2D eigenvalue weighted by Gasteiger charge is 2.21. The number of pyridine rings is 1. The molecule has 0 amide bonds. The Morgan fingerprint density at radius 2 is 2.39 bits per heavy atom. The van der Waals surface area contributed by atoms with Crippen LogP contribution < -0.4 is 5.32 Å². The Morgan fingerprint density at radius 1 is 1.50 bits per heavy atom. The lowest BCUT2D eigenvalue weighted by molar-refractivity contribution is 0.322. The minimum Gasteiger partial charge on any atom is -0.396 e. The first-order valence-corrected chi connectivity index (χ1v) is 7.83. The zero-order valence-electron chi connectivity index (χ0n) is 10.9. The third-order valence-electron chi connectivity index (χ3n) is 3.38. The number of thioether (sulfide) groups is 1. The number of aliphatic hydroxyl groups excluding tert-OH is 1. The highest BCUT2D eigenvalue weighted by atomic mass is 32.2. The van der Waals surface area contributed by atoms with Gasteiger partial charge in [-0.3, -0.25) is 0 Å². The topological polar surface area (TPSA) is 45.1 Å². The van der Waals surface area contributed by atoms with Crippen LogP contribution in [-0.2, 0) is 5.75 Å². The molecule has 0 aromatic carbocycles. The number of nitrogens with zero attached hydrogens (tertiary/aromatic N) is 1. The van der Waals surface area contributed by atoms with E-state index in [0.717, 1.165) is 23.2 Å². The zero-order valence-corrected chi connectivity index (χ0v) is 11.7. The normalized spacial score (nSPS) is 23.2. The molecule has 3 nitrogen and oxygen atoms in total. The molecule has 18 heavy (non-hydrogen) atoms. The lowest BCUT2D eigenvalue weighted by Gasteiger charge is -2.13.